The largest absolute Gasteiger partial charge is 0.382 e. The van der Waals surface area contributed by atoms with Gasteiger partial charge in [-0.2, -0.15) is 5.10 Å². The van der Waals surface area contributed by atoms with Crippen molar-refractivity contribution in [3.05, 3.63) is 34.7 Å². The van der Waals surface area contributed by atoms with Crippen LogP contribution < -0.4 is 5.73 Å². The van der Waals surface area contributed by atoms with Gasteiger partial charge in [-0.1, -0.05) is 43.5 Å². The summed E-state index contributed by atoms with van der Waals surface area (Å²) in [5, 5.41) is 6.97. The number of hydrogen-bond donors (Lipinski definition) is 2. The van der Waals surface area contributed by atoms with Gasteiger partial charge in [-0.05, 0) is 18.9 Å². The van der Waals surface area contributed by atoms with Crippen LogP contribution in [0.1, 0.15) is 31.9 Å². The molecule has 0 amide bonds. The number of nitrogens with one attached hydrogen (secondary N) is 1. The van der Waals surface area contributed by atoms with E-state index in [1.54, 1.807) is 12.1 Å². The minimum Gasteiger partial charge on any atom is -0.382 e. The Morgan fingerprint density at radius 1 is 1.37 bits per heavy atom. The number of halogens is 2. The second-order valence-electron chi connectivity index (χ2n) is 4.52. The second-order valence-corrected chi connectivity index (χ2v) is 4.93. The molecule has 2 rings (SSSR count). The van der Waals surface area contributed by atoms with Gasteiger partial charge >= 0.3 is 0 Å². The lowest BCUT2D eigenvalue weighted by molar-refractivity contribution is 0.631. The molecule has 0 unspecified atom stereocenters. The molecule has 0 bridgehead atoms. The number of nitrogens with zero attached hydrogens (tertiary/aromatic N) is 1. The van der Waals surface area contributed by atoms with Crippen LogP contribution in [0.3, 0.4) is 0 Å². The number of aromatic amines is 1. The summed E-state index contributed by atoms with van der Waals surface area (Å²) in [6, 6.07) is 4.90. The maximum Gasteiger partial charge on any atom is 0.153 e. The first-order chi connectivity index (χ1) is 9.15. The summed E-state index contributed by atoms with van der Waals surface area (Å²) >= 11 is 5.82. The Labute approximate surface area is 117 Å². The Bertz CT molecular complexity index is 566. The average Bonchev–Trinajstić information content (AvgIpc) is 2.75. The fourth-order valence-electron chi connectivity index (χ4n) is 2.12. The predicted octanol–water partition coefficient (Wildman–Crippen LogP) is 4.18. The Kier molecular flexibility index (Phi) is 4.43. The first-order valence-corrected chi connectivity index (χ1v) is 6.80. The molecule has 0 saturated heterocycles. The van der Waals surface area contributed by atoms with Crippen LogP contribution in [-0.4, -0.2) is 10.2 Å². The number of nitrogens with two attached hydrogens (primary N) is 1. The average molecular weight is 282 g/mol. The van der Waals surface area contributed by atoms with Crippen molar-refractivity contribution in [3.63, 3.8) is 0 Å². The first kappa shape index (κ1) is 13.9. The van der Waals surface area contributed by atoms with Crippen molar-refractivity contribution in [2.75, 3.05) is 5.73 Å². The molecule has 0 aliphatic rings. The summed E-state index contributed by atoms with van der Waals surface area (Å²) < 4.78 is 14.1. The predicted molar refractivity (Wildman–Crippen MR) is 76.6 cm³/mol. The van der Waals surface area contributed by atoms with Crippen molar-refractivity contribution in [2.45, 2.75) is 32.6 Å². The third kappa shape index (κ3) is 2.89. The van der Waals surface area contributed by atoms with Gasteiger partial charge in [-0.15, -0.1) is 0 Å². The Hall–Kier alpha value is -1.55. The highest BCUT2D eigenvalue weighted by Gasteiger charge is 2.17. The maximum absolute atomic E-state index is 14.1. The molecule has 0 aliphatic carbocycles. The van der Waals surface area contributed by atoms with Crippen LogP contribution in [0.5, 0.6) is 0 Å². The molecule has 0 aliphatic heterocycles. The lowest BCUT2D eigenvalue weighted by Crippen LogP contribution is -1.94. The van der Waals surface area contributed by atoms with E-state index >= 15 is 0 Å². The standard InChI is InChI=1S/C14H17ClFN3/c1-2-3-4-8-11-12(14(17)19-18-11)9-6-5-7-10(15)13(9)16/h5-7H,2-4,8H2,1H3,(H3,17,18,19). The van der Waals surface area contributed by atoms with Crippen molar-refractivity contribution >= 4 is 17.4 Å². The molecule has 0 spiro atoms. The molecule has 0 saturated carbocycles. The lowest BCUT2D eigenvalue weighted by atomic mass is 10.0. The van der Waals surface area contributed by atoms with Crippen LogP contribution in [0, 0.1) is 5.82 Å². The van der Waals surface area contributed by atoms with E-state index in [0.29, 0.717) is 16.9 Å². The summed E-state index contributed by atoms with van der Waals surface area (Å²) in [6.45, 7) is 2.14. The van der Waals surface area contributed by atoms with Crippen molar-refractivity contribution in [1.29, 1.82) is 0 Å². The summed E-state index contributed by atoms with van der Waals surface area (Å²) in [7, 11) is 0. The molecule has 1 heterocycles. The molecule has 0 atom stereocenters. The zero-order valence-electron chi connectivity index (χ0n) is 10.8. The van der Waals surface area contributed by atoms with E-state index in [4.69, 9.17) is 17.3 Å². The van der Waals surface area contributed by atoms with Crippen LogP contribution in [0.25, 0.3) is 11.1 Å². The Balaban J connectivity index is 2.38. The van der Waals surface area contributed by atoms with Gasteiger partial charge in [0, 0.05) is 16.8 Å². The number of anilines is 1. The van der Waals surface area contributed by atoms with Crippen LogP contribution in [-0.2, 0) is 6.42 Å². The van der Waals surface area contributed by atoms with Gasteiger partial charge in [0.25, 0.3) is 0 Å². The molecule has 3 N–H and O–H groups in total. The van der Waals surface area contributed by atoms with Crippen LogP contribution >= 0.6 is 11.6 Å². The second kappa shape index (κ2) is 6.06. The fourth-order valence-corrected chi connectivity index (χ4v) is 2.30. The fraction of sp³-hybridized carbons (Fsp3) is 0.357. The number of benzene rings is 1. The van der Waals surface area contributed by atoms with Crippen LogP contribution in [0.15, 0.2) is 18.2 Å². The summed E-state index contributed by atoms with van der Waals surface area (Å²) in [5.74, 6) is -0.137. The molecule has 3 nitrogen and oxygen atoms in total. The van der Waals surface area contributed by atoms with E-state index in [9.17, 15) is 4.39 Å². The minimum absolute atomic E-state index is 0.0950. The summed E-state index contributed by atoms with van der Waals surface area (Å²) in [6.07, 6.45) is 4.08. The topological polar surface area (TPSA) is 54.7 Å². The van der Waals surface area contributed by atoms with Gasteiger partial charge in [0.15, 0.2) is 5.82 Å². The molecule has 1 aromatic heterocycles. The number of hydrogen-bond acceptors (Lipinski definition) is 2. The van der Waals surface area contributed by atoms with Gasteiger partial charge in [0.1, 0.15) is 5.82 Å². The van der Waals surface area contributed by atoms with Gasteiger partial charge in [0.05, 0.1) is 5.02 Å². The van der Waals surface area contributed by atoms with Crippen molar-refractivity contribution in [3.8, 4) is 11.1 Å². The number of unbranched alkanes of at least 4 members (excludes halogenated alkanes) is 2. The third-order valence-electron chi connectivity index (χ3n) is 3.12. The van der Waals surface area contributed by atoms with Gasteiger partial charge in [0.2, 0.25) is 0 Å². The molecule has 19 heavy (non-hydrogen) atoms. The van der Waals surface area contributed by atoms with Crippen LogP contribution in [0.2, 0.25) is 5.02 Å². The highest BCUT2D eigenvalue weighted by atomic mass is 35.5. The molecular formula is C14H17ClFN3. The number of rotatable bonds is 5. The highest BCUT2D eigenvalue weighted by Crippen LogP contribution is 2.33. The molecule has 2 aromatic rings. The zero-order valence-corrected chi connectivity index (χ0v) is 11.6. The number of H-pyrrole nitrogens is 1. The quantitative estimate of drug-likeness (QED) is 0.808. The van der Waals surface area contributed by atoms with E-state index in [1.165, 1.54) is 6.07 Å². The lowest BCUT2D eigenvalue weighted by Gasteiger charge is -2.06. The Morgan fingerprint density at radius 2 is 2.16 bits per heavy atom. The minimum atomic E-state index is -0.450. The van der Waals surface area contributed by atoms with E-state index in [0.717, 1.165) is 31.4 Å². The van der Waals surface area contributed by atoms with E-state index in [2.05, 4.69) is 17.1 Å². The van der Waals surface area contributed by atoms with Crippen LogP contribution in [0.4, 0.5) is 10.2 Å². The third-order valence-corrected chi connectivity index (χ3v) is 3.41. The number of aryl methyl sites for hydroxylation is 1. The molecule has 5 heteroatoms. The molecule has 0 fully saturated rings. The van der Waals surface area contributed by atoms with E-state index < -0.39 is 5.82 Å². The van der Waals surface area contributed by atoms with Gasteiger partial charge < -0.3 is 5.73 Å². The van der Waals surface area contributed by atoms with Gasteiger partial charge in [-0.3, -0.25) is 5.10 Å². The molecular weight excluding hydrogens is 265 g/mol. The normalized spacial score (nSPS) is 10.9. The highest BCUT2D eigenvalue weighted by molar-refractivity contribution is 6.31. The SMILES string of the molecule is CCCCCc1[nH]nc(N)c1-c1cccc(Cl)c1F. The van der Waals surface area contributed by atoms with Crippen molar-refractivity contribution in [1.82, 2.24) is 10.2 Å². The zero-order chi connectivity index (χ0) is 13.8. The number of aromatic nitrogens is 2. The summed E-state index contributed by atoms with van der Waals surface area (Å²) in [4.78, 5) is 0. The van der Waals surface area contributed by atoms with Crippen molar-refractivity contribution < 1.29 is 4.39 Å². The molecule has 0 radical (unpaired) electrons. The smallest absolute Gasteiger partial charge is 0.153 e. The van der Waals surface area contributed by atoms with Crippen molar-refractivity contribution in [2.24, 2.45) is 0 Å². The molecule has 102 valence electrons. The van der Waals surface area contributed by atoms with E-state index in [1.807, 2.05) is 0 Å². The monoisotopic (exact) mass is 281 g/mol. The molecule has 1 aromatic carbocycles. The maximum atomic E-state index is 14.1. The van der Waals surface area contributed by atoms with Gasteiger partial charge in [-0.25, -0.2) is 4.39 Å². The summed E-state index contributed by atoms with van der Waals surface area (Å²) in [5.41, 5.74) is 7.76. The first-order valence-electron chi connectivity index (χ1n) is 6.42. The Morgan fingerprint density at radius 3 is 2.89 bits per heavy atom. The van der Waals surface area contributed by atoms with E-state index in [-0.39, 0.29) is 5.02 Å². The number of nitrogen functional groups attached to an aromatic ring is 1.